The van der Waals surface area contributed by atoms with Crippen LogP contribution in [0.4, 0.5) is 11.4 Å². The maximum absolute atomic E-state index is 12.3. The highest BCUT2D eigenvalue weighted by molar-refractivity contribution is 5.95. The van der Waals surface area contributed by atoms with Crippen molar-refractivity contribution in [2.24, 2.45) is 5.92 Å². The summed E-state index contributed by atoms with van der Waals surface area (Å²) in [5, 5.41) is 3.01. The first kappa shape index (κ1) is 13.7. The molecule has 3 heteroatoms. The van der Waals surface area contributed by atoms with Crippen LogP contribution in [0.1, 0.15) is 17.9 Å². The van der Waals surface area contributed by atoms with Gasteiger partial charge in [0, 0.05) is 31.4 Å². The van der Waals surface area contributed by atoms with Gasteiger partial charge in [-0.3, -0.25) is 4.79 Å². The third kappa shape index (κ3) is 3.07. The Bertz CT molecular complexity index is 619. The SMILES string of the molecule is CN(C)c1ccc(NC(=O)[C@@H]2C[C@@H]2c2ccccc2)cc1. The number of anilines is 2. The molecule has 0 aliphatic heterocycles. The normalized spacial score (nSPS) is 19.9. The van der Waals surface area contributed by atoms with Crippen LogP contribution < -0.4 is 10.2 Å². The number of carbonyl (C=O) groups is 1. The molecule has 0 bridgehead atoms. The van der Waals surface area contributed by atoms with Crippen molar-refractivity contribution in [1.29, 1.82) is 0 Å². The number of hydrogen-bond donors (Lipinski definition) is 1. The minimum atomic E-state index is 0.112. The summed E-state index contributed by atoms with van der Waals surface area (Å²) < 4.78 is 0. The third-order valence-corrected chi connectivity index (χ3v) is 4.01. The van der Waals surface area contributed by atoms with Crippen LogP contribution in [0, 0.1) is 5.92 Å². The van der Waals surface area contributed by atoms with E-state index in [0.29, 0.717) is 5.92 Å². The third-order valence-electron chi connectivity index (χ3n) is 4.01. The highest BCUT2D eigenvalue weighted by Crippen LogP contribution is 2.47. The number of rotatable bonds is 4. The van der Waals surface area contributed by atoms with Gasteiger partial charge in [-0.2, -0.15) is 0 Å². The zero-order valence-electron chi connectivity index (χ0n) is 12.4. The average Bonchev–Trinajstić information content (AvgIpc) is 3.29. The van der Waals surface area contributed by atoms with Crippen LogP contribution in [0.5, 0.6) is 0 Å². The minimum absolute atomic E-state index is 0.112. The Labute approximate surface area is 125 Å². The minimum Gasteiger partial charge on any atom is -0.378 e. The molecular formula is C18H20N2O. The molecule has 2 aromatic carbocycles. The van der Waals surface area contributed by atoms with E-state index >= 15 is 0 Å². The number of benzene rings is 2. The summed E-state index contributed by atoms with van der Waals surface area (Å²) in [4.78, 5) is 14.3. The number of nitrogens with zero attached hydrogens (tertiary/aromatic N) is 1. The lowest BCUT2D eigenvalue weighted by Crippen LogP contribution is -2.15. The largest absolute Gasteiger partial charge is 0.378 e. The van der Waals surface area contributed by atoms with Crippen LogP contribution in [0.2, 0.25) is 0 Å². The second-order valence-electron chi connectivity index (χ2n) is 5.79. The van der Waals surface area contributed by atoms with Crippen LogP contribution in [-0.2, 0) is 4.79 Å². The molecule has 108 valence electrons. The topological polar surface area (TPSA) is 32.3 Å². The molecule has 1 aliphatic rings. The molecule has 1 fully saturated rings. The van der Waals surface area contributed by atoms with Gasteiger partial charge >= 0.3 is 0 Å². The molecule has 0 saturated heterocycles. The van der Waals surface area contributed by atoms with Crippen LogP contribution in [0.15, 0.2) is 54.6 Å². The van der Waals surface area contributed by atoms with E-state index in [1.54, 1.807) is 0 Å². The summed E-state index contributed by atoms with van der Waals surface area (Å²) in [5.74, 6) is 0.620. The van der Waals surface area contributed by atoms with Crippen molar-refractivity contribution in [2.75, 3.05) is 24.3 Å². The summed E-state index contributed by atoms with van der Waals surface area (Å²) in [6, 6.07) is 18.2. The Morgan fingerprint density at radius 3 is 2.33 bits per heavy atom. The lowest BCUT2D eigenvalue weighted by molar-refractivity contribution is -0.117. The van der Waals surface area contributed by atoms with E-state index in [4.69, 9.17) is 0 Å². The van der Waals surface area contributed by atoms with Crippen molar-refractivity contribution in [3.05, 3.63) is 60.2 Å². The van der Waals surface area contributed by atoms with Gasteiger partial charge in [-0.15, -0.1) is 0 Å². The van der Waals surface area contributed by atoms with E-state index < -0.39 is 0 Å². The van der Waals surface area contributed by atoms with Gasteiger partial charge in [0.1, 0.15) is 0 Å². The van der Waals surface area contributed by atoms with Crippen LogP contribution in [-0.4, -0.2) is 20.0 Å². The molecule has 1 saturated carbocycles. The zero-order chi connectivity index (χ0) is 14.8. The molecule has 3 nitrogen and oxygen atoms in total. The highest BCUT2D eigenvalue weighted by atomic mass is 16.2. The Morgan fingerprint density at radius 1 is 1.05 bits per heavy atom. The van der Waals surface area contributed by atoms with Gasteiger partial charge in [0.25, 0.3) is 0 Å². The Morgan fingerprint density at radius 2 is 1.71 bits per heavy atom. The highest BCUT2D eigenvalue weighted by Gasteiger charge is 2.43. The van der Waals surface area contributed by atoms with Crippen molar-refractivity contribution in [1.82, 2.24) is 0 Å². The molecule has 1 N–H and O–H groups in total. The first-order valence-corrected chi connectivity index (χ1v) is 7.28. The lowest BCUT2D eigenvalue weighted by Gasteiger charge is -2.13. The Kier molecular flexibility index (Phi) is 3.65. The van der Waals surface area contributed by atoms with Gasteiger partial charge in [-0.05, 0) is 42.2 Å². The summed E-state index contributed by atoms with van der Waals surface area (Å²) >= 11 is 0. The molecular weight excluding hydrogens is 260 g/mol. The molecule has 0 radical (unpaired) electrons. The predicted octanol–water partition coefficient (Wildman–Crippen LogP) is 3.49. The molecule has 3 rings (SSSR count). The molecule has 0 heterocycles. The maximum atomic E-state index is 12.3. The summed E-state index contributed by atoms with van der Waals surface area (Å²) in [7, 11) is 4.00. The lowest BCUT2D eigenvalue weighted by atomic mass is 10.1. The molecule has 0 unspecified atom stereocenters. The molecule has 0 spiro atoms. The van der Waals surface area contributed by atoms with Gasteiger partial charge in [0.15, 0.2) is 0 Å². The smallest absolute Gasteiger partial charge is 0.228 e. The average molecular weight is 280 g/mol. The number of nitrogens with one attached hydrogen (secondary N) is 1. The number of hydrogen-bond acceptors (Lipinski definition) is 2. The van der Waals surface area contributed by atoms with Crippen LogP contribution >= 0.6 is 0 Å². The van der Waals surface area contributed by atoms with Crippen molar-refractivity contribution in [3.8, 4) is 0 Å². The number of amides is 1. The molecule has 0 aromatic heterocycles. The van der Waals surface area contributed by atoms with E-state index in [0.717, 1.165) is 17.8 Å². The van der Waals surface area contributed by atoms with Crippen molar-refractivity contribution in [3.63, 3.8) is 0 Å². The Hall–Kier alpha value is -2.29. The van der Waals surface area contributed by atoms with Crippen molar-refractivity contribution in [2.45, 2.75) is 12.3 Å². The van der Waals surface area contributed by atoms with E-state index in [9.17, 15) is 4.79 Å². The Balaban J connectivity index is 1.60. The van der Waals surface area contributed by atoms with E-state index in [1.807, 2.05) is 61.5 Å². The van der Waals surface area contributed by atoms with E-state index in [1.165, 1.54) is 5.56 Å². The predicted molar refractivity (Wildman–Crippen MR) is 86.7 cm³/mol. The fraction of sp³-hybridized carbons (Fsp3) is 0.278. The van der Waals surface area contributed by atoms with E-state index in [-0.39, 0.29) is 11.8 Å². The summed E-state index contributed by atoms with van der Waals surface area (Å²) in [5.41, 5.74) is 3.26. The first-order valence-electron chi connectivity index (χ1n) is 7.28. The van der Waals surface area contributed by atoms with Crippen molar-refractivity contribution >= 4 is 17.3 Å². The molecule has 1 amide bonds. The summed E-state index contributed by atoms with van der Waals surface area (Å²) in [6.07, 6.45) is 0.950. The number of carbonyl (C=O) groups excluding carboxylic acids is 1. The van der Waals surface area contributed by atoms with Gasteiger partial charge in [-0.25, -0.2) is 0 Å². The fourth-order valence-electron chi connectivity index (χ4n) is 2.63. The fourth-order valence-corrected chi connectivity index (χ4v) is 2.63. The molecule has 1 aliphatic carbocycles. The zero-order valence-corrected chi connectivity index (χ0v) is 12.4. The monoisotopic (exact) mass is 280 g/mol. The molecule has 2 aromatic rings. The van der Waals surface area contributed by atoms with Crippen LogP contribution in [0.3, 0.4) is 0 Å². The second kappa shape index (κ2) is 5.60. The van der Waals surface area contributed by atoms with Crippen molar-refractivity contribution < 1.29 is 4.79 Å². The van der Waals surface area contributed by atoms with Gasteiger partial charge in [0.05, 0.1) is 0 Å². The summed E-state index contributed by atoms with van der Waals surface area (Å²) in [6.45, 7) is 0. The second-order valence-corrected chi connectivity index (χ2v) is 5.79. The quantitative estimate of drug-likeness (QED) is 0.929. The van der Waals surface area contributed by atoms with Gasteiger partial charge in [-0.1, -0.05) is 30.3 Å². The molecule has 2 atom stereocenters. The van der Waals surface area contributed by atoms with Crippen LogP contribution in [0.25, 0.3) is 0 Å². The standard InChI is InChI=1S/C18H20N2O/c1-20(2)15-10-8-14(9-11-15)19-18(21)17-12-16(17)13-6-4-3-5-7-13/h3-11,16-17H,12H2,1-2H3,(H,19,21)/t16-,17-/m1/s1. The maximum Gasteiger partial charge on any atom is 0.228 e. The molecule has 21 heavy (non-hydrogen) atoms. The van der Waals surface area contributed by atoms with Gasteiger partial charge < -0.3 is 10.2 Å². The first-order chi connectivity index (χ1) is 10.1. The van der Waals surface area contributed by atoms with E-state index in [2.05, 4.69) is 17.4 Å². The van der Waals surface area contributed by atoms with Gasteiger partial charge in [0.2, 0.25) is 5.91 Å².